The molecule has 1 aromatic heterocycles. The Balaban J connectivity index is 0.00000243. The Morgan fingerprint density at radius 1 is 1.23 bits per heavy atom. The highest BCUT2D eigenvalue weighted by Gasteiger charge is 2.16. The second kappa shape index (κ2) is 8.25. The highest BCUT2D eigenvalue weighted by Crippen LogP contribution is 2.33. The highest BCUT2D eigenvalue weighted by molar-refractivity contribution is 6.32. The van der Waals surface area contributed by atoms with Crippen molar-refractivity contribution in [2.45, 2.75) is 13.8 Å². The largest absolute Gasteiger partial charge is 0.494 e. The molecule has 0 saturated heterocycles. The standard InChI is InChI=1S/C19H17ClN2O3.ClH/c1-3-25-13-6-4-12(5-7-13)22-18-14-8-9-16(20)11(2)17(14)21-10-15(18)19(23)24;/h4-10H,3H2,1-2H3,(H,21,22)(H,23,24);1H. The Morgan fingerprint density at radius 3 is 2.54 bits per heavy atom. The molecule has 26 heavy (non-hydrogen) atoms. The Labute approximate surface area is 162 Å². The van der Waals surface area contributed by atoms with E-state index in [1.807, 2.05) is 38.1 Å². The second-order valence-corrected chi connectivity index (χ2v) is 5.91. The number of nitrogens with one attached hydrogen (secondary N) is 1. The van der Waals surface area contributed by atoms with E-state index in [9.17, 15) is 9.90 Å². The monoisotopic (exact) mass is 392 g/mol. The van der Waals surface area contributed by atoms with Crippen molar-refractivity contribution in [3.05, 3.63) is 58.7 Å². The fraction of sp³-hybridized carbons (Fsp3) is 0.158. The number of hydrogen-bond acceptors (Lipinski definition) is 4. The fourth-order valence-electron chi connectivity index (χ4n) is 2.62. The van der Waals surface area contributed by atoms with Crippen LogP contribution in [0.25, 0.3) is 10.9 Å². The summed E-state index contributed by atoms with van der Waals surface area (Å²) in [7, 11) is 0. The minimum absolute atomic E-state index is 0. The van der Waals surface area contributed by atoms with Crippen LogP contribution in [0, 0.1) is 6.92 Å². The topological polar surface area (TPSA) is 71.5 Å². The maximum atomic E-state index is 11.6. The fourth-order valence-corrected chi connectivity index (χ4v) is 2.78. The second-order valence-electron chi connectivity index (χ2n) is 5.50. The third-order valence-corrected chi connectivity index (χ3v) is 4.30. The molecule has 0 radical (unpaired) electrons. The number of pyridine rings is 1. The third-order valence-electron chi connectivity index (χ3n) is 3.89. The summed E-state index contributed by atoms with van der Waals surface area (Å²) >= 11 is 6.16. The Kier molecular flexibility index (Phi) is 6.29. The molecule has 2 aromatic carbocycles. The number of anilines is 2. The SMILES string of the molecule is CCOc1ccc(Nc2c(C(=O)O)cnc3c(C)c(Cl)ccc23)cc1.Cl. The molecule has 0 unspecified atom stereocenters. The van der Waals surface area contributed by atoms with Crippen LogP contribution in [0.1, 0.15) is 22.8 Å². The van der Waals surface area contributed by atoms with Gasteiger partial charge in [-0.05, 0) is 55.8 Å². The number of carboxylic acid groups (broad SMARTS) is 1. The van der Waals surface area contributed by atoms with Crippen LogP contribution >= 0.6 is 24.0 Å². The van der Waals surface area contributed by atoms with E-state index < -0.39 is 5.97 Å². The summed E-state index contributed by atoms with van der Waals surface area (Å²) in [6, 6.07) is 10.9. The summed E-state index contributed by atoms with van der Waals surface area (Å²) in [5.41, 5.74) is 2.83. The van der Waals surface area contributed by atoms with Crippen LogP contribution in [-0.4, -0.2) is 22.7 Å². The first-order valence-corrected chi connectivity index (χ1v) is 8.20. The molecule has 0 aliphatic rings. The quantitative estimate of drug-likeness (QED) is 0.602. The normalized spacial score (nSPS) is 10.3. The minimum atomic E-state index is -1.05. The summed E-state index contributed by atoms with van der Waals surface area (Å²) in [5, 5.41) is 14.0. The van der Waals surface area contributed by atoms with Gasteiger partial charge in [0.15, 0.2) is 0 Å². The summed E-state index contributed by atoms with van der Waals surface area (Å²) < 4.78 is 5.43. The van der Waals surface area contributed by atoms with Crippen molar-refractivity contribution in [2.24, 2.45) is 0 Å². The predicted molar refractivity (Wildman–Crippen MR) is 107 cm³/mol. The molecule has 5 nitrogen and oxygen atoms in total. The number of aromatic nitrogens is 1. The van der Waals surface area contributed by atoms with Gasteiger partial charge in [-0.15, -0.1) is 12.4 Å². The molecule has 136 valence electrons. The Hall–Kier alpha value is -2.50. The van der Waals surface area contributed by atoms with Gasteiger partial charge in [0, 0.05) is 22.3 Å². The molecule has 0 aliphatic heterocycles. The molecular formula is C19H18Cl2N2O3. The minimum Gasteiger partial charge on any atom is -0.494 e. The van der Waals surface area contributed by atoms with Crippen molar-refractivity contribution in [2.75, 3.05) is 11.9 Å². The Morgan fingerprint density at radius 2 is 1.92 bits per heavy atom. The number of nitrogens with zero attached hydrogens (tertiary/aromatic N) is 1. The van der Waals surface area contributed by atoms with Crippen molar-refractivity contribution in [3.8, 4) is 5.75 Å². The van der Waals surface area contributed by atoms with E-state index in [4.69, 9.17) is 16.3 Å². The van der Waals surface area contributed by atoms with Gasteiger partial charge in [0.05, 0.1) is 17.8 Å². The van der Waals surface area contributed by atoms with Gasteiger partial charge in [-0.1, -0.05) is 11.6 Å². The zero-order valence-electron chi connectivity index (χ0n) is 14.2. The van der Waals surface area contributed by atoms with Crippen molar-refractivity contribution < 1.29 is 14.6 Å². The van der Waals surface area contributed by atoms with Crippen LogP contribution in [0.3, 0.4) is 0 Å². The first kappa shape index (κ1) is 19.8. The van der Waals surface area contributed by atoms with E-state index in [1.54, 1.807) is 12.1 Å². The molecule has 0 spiro atoms. The maximum Gasteiger partial charge on any atom is 0.339 e. The molecule has 3 aromatic rings. The van der Waals surface area contributed by atoms with Crippen LogP contribution in [0.5, 0.6) is 5.75 Å². The molecule has 1 heterocycles. The summed E-state index contributed by atoms with van der Waals surface area (Å²) in [5.74, 6) is -0.288. The summed E-state index contributed by atoms with van der Waals surface area (Å²) in [6.07, 6.45) is 1.35. The molecule has 3 rings (SSSR count). The first-order chi connectivity index (χ1) is 12.0. The van der Waals surface area contributed by atoms with Crippen LogP contribution in [0.4, 0.5) is 11.4 Å². The molecule has 7 heteroatoms. The van der Waals surface area contributed by atoms with Gasteiger partial charge in [0.1, 0.15) is 11.3 Å². The molecule has 0 amide bonds. The molecule has 0 bridgehead atoms. The van der Waals surface area contributed by atoms with E-state index in [0.29, 0.717) is 28.2 Å². The first-order valence-electron chi connectivity index (χ1n) is 7.82. The molecule has 2 N–H and O–H groups in total. The van der Waals surface area contributed by atoms with Gasteiger partial charge in [0.2, 0.25) is 0 Å². The number of carboxylic acids is 1. The summed E-state index contributed by atoms with van der Waals surface area (Å²) in [6.45, 7) is 4.37. The van der Waals surface area contributed by atoms with E-state index in [0.717, 1.165) is 17.0 Å². The predicted octanol–water partition coefficient (Wildman–Crippen LogP) is 5.46. The third kappa shape index (κ3) is 3.84. The van der Waals surface area contributed by atoms with Crippen molar-refractivity contribution in [3.63, 3.8) is 0 Å². The van der Waals surface area contributed by atoms with E-state index in [1.165, 1.54) is 6.20 Å². The van der Waals surface area contributed by atoms with Gasteiger partial charge in [-0.3, -0.25) is 4.98 Å². The number of hydrogen-bond donors (Lipinski definition) is 2. The molecule has 0 saturated carbocycles. The summed E-state index contributed by atoms with van der Waals surface area (Å²) in [4.78, 5) is 15.9. The Bertz CT molecular complexity index is 944. The number of fused-ring (bicyclic) bond motifs is 1. The van der Waals surface area contributed by atoms with Crippen LogP contribution in [0.15, 0.2) is 42.6 Å². The number of aromatic carboxylic acids is 1. The number of benzene rings is 2. The number of carbonyl (C=O) groups is 1. The average Bonchev–Trinajstić information content (AvgIpc) is 2.60. The highest BCUT2D eigenvalue weighted by atomic mass is 35.5. The average molecular weight is 393 g/mol. The van der Waals surface area contributed by atoms with Gasteiger partial charge in [0.25, 0.3) is 0 Å². The number of rotatable bonds is 5. The van der Waals surface area contributed by atoms with Gasteiger partial charge >= 0.3 is 5.97 Å². The van der Waals surface area contributed by atoms with E-state index in [2.05, 4.69) is 10.3 Å². The lowest BCUT2D eigenvalue weighted by atomic mass is 10.1. The van der Waals surface area contributed by atoms with Gasteiger partial charge in [-0.25, -0.2) is 4.79 Å². The molecule has 0 atom stereocenters. The van der Waals surface area contributed by atoms with Crippen molar-refractivity contribution in [1.29, 1.82) is 0 Å². The lowest BCUT2D eigenvalue weighted by Gasteiger charge is -2.14. The zero-order chi connectivity index (χ0) is 18.0. The van der Waals surface area contributed by atoms with E-state index >= 15 is 0 Å². The smallest absolute Gasteiger partial charge is 0.339 e. The number of halogens is 2. The van der Waals surface area contributed by atoms with Crippen LogP contribution in [0.2, 0.25) is 5.02 Å². The maximum absolute atomic E-state index is 11.6. The van der Waals surface area contributed by atoms with Gasteiger partial charge < -0.3 is 15.2 Å². The molecule has 0 fully saturated rings. The number of aryl methyl sites for hydroxylation is 1. The van der Waals surface area contributed by atoms with Crippen molar-refractivity contribution in [1.82, 2.24) is 4.98 Å². The van der Waals surface area contributed by atoms with Crippen LogP contribution < -0.4 is 10.1 Å². The van der Waals surface area contributed by atoms with Crippen molar-refractivity contribution >= 4 is 52.3 Å². The molecule has 0 aliphatic carbocycles. The lowest BCUT2D eigenvalue weighted by molar-refractivity contribution is 0.0697. The zero-order valence-corrected chi connectivity index (χ0v) is 15.8. The number of ether oxygens (including phenoxy) is 1. The van der Waals surface area contributed by atoms with Crippen LogP contribution in [-0.2, 0) is 0 Å². The molecular weight excluding hydrogens is 375 g/mol. The van der Waals surface area contributed by atoms with E-state index in [-0.39, 0.29) is 18.0 Å². The lowest BCUT2D eigenvalue weighted by Crippen LogP contribution is -2.05. The van der Waals surface area contributed by atoms with Gasteiger partial charge in [-0.2, -0.15) is 0 Å².